The second kappa shape index (κ2) is 8.83. The van der Waals surface area contributed by atoms with E-state index in [1.165, 1.54) is 57.4 Å². The van der Waals surface area contributed by atoms with Crippen molar-refractivity contribution in [1.82, 2.24) is 0 Å². The fourth-order valence-corrected chi connectivity index (χ4v) is 9.05. The number of rotatable bonds is 6. The van der Waals surface area contributed by atoms with E-state index in [0.717, 1.165) is 25.2 Å². The first-order chi connectivity index (χ1) is 15.4. The number of ketones is 1. The summed E-state index contributed by atoms with van der Waals surface area (Å²) in [5, 5.41) is 0. The zero-order valence-corrected chi connectivity index (χ0v) is 22.3. The first-order valence-electron chi connectivity index (χ1n) is 13.8. The highest BCUT2D eigenvalue weighted by atomic mass is 16.6. The number of hydrogen-bond donors (Lipinski definition) is 0. The summed E-state index contributed by atoms with van der Waals surface area (Å²) < 4.78 is 5.50. The maximum atomic E-state index is 13.5. The van der Waals surface area contributed by atoms with Crippen LogP contribution in [0.1, 0.15) is 113 Å². The molecule has 33 heavy (non-hydrogen) atoms. The van der Waals surface area contributed by atoms with E-state index in [-0.39, 0.29) is 22.9 Å². The Balaban J connectivity index is 1.46. The number of allylic oxidation sites excluding steroid dienone is 2. The molecule has 0 saturated heterocycles. The van der Waals surface area contributed by atoms with Gasteiger partial charge in [-0.15, -0.1) is 0 Å². The van der Waals surface area contributed by atoms with Gasteiger partial charge in [-0.3, -0.25) is 9.59 Å². The average Bonchev–Trinajstić information content (AvgIpc) is 3.05. The molecule has 8 atom stereocenters. The lowest BCUT2D eigenvalue weighted by Crippen LogP contribution is -2.53. The van der Waals surface area contributed by atoms with Gasteiger partial charge in [-0.2, -0.15) is 0 Å². The summed E-state index contributed by atoms with van der Waals surface area (Å²) in [6.07, 6.45) is 14.1. The third kappa shape index (κ3) is 4.47. The van der Waals surface area contributed by atoms with E-state index >= 15 is 0 Å². The highest BCUT2D eigenvalue weighted by molar-refractivity contribution is 5.94. The fraction of sp³-hybridized carbons (Fsp3) is 0.867. The van der Waals surface area contributed by atoms with E-state index in [2.05, 4.69) is 33.8 Å². The van der Waals surface area contributed by atoms with E-state index in [1.807, 2.05) is 13.8 Å². The minimum absolute atomic E-state index is 0.188. The molecular weight excluding hydrogens is 408 g/mol. The SMILES string of the molecule is CC(=O)OC(C)(C)CCC[C@@H](C)[C@H]1CCC2C3C(=O)C=C4C[C@@H](C)CC[C@]4(C)C3CC[C@@]21C. The van der Waals surface area contributed by atoms with E-state index in [4.69, 9.17) is 4.74 Å². The molecule has 0 aromatic heterocycles. The van der Waals surface area contributed by atoms with Gasteiger partial charge in [0.2, 0.25) is 0 Å². The van der Waals surface area contributed by atoms with Crippen molar-refractivity contribution in [2.24, 2.45) is 46.3 Å². The van der Waals surface area contributed by atoms with Gasteiger partial charge in [-0.1, -0.05) is 39.7 Å². The van der Waals surface area contributed by atoms with Gasteiger partial charge in [0.25, 0.3) is 0 Å². The molecule has 4 rings (SSSR count). The quantitative estimate of drug-likeness (QED) is 0.388. The van der Waals surface area contributed by atoms with Crippen molar-refractivity contribution < 1.29 is 14.3 Å². The summed E-state index contributed by atoms with van der Waals surface area (Å²) in [6.45, 7) is 15.4. The molecular formula is C30H48O3. The first kappa shape index (κ1) is 25.0. The van der Waals surface area contributed by atoms with Crippen molar-refractivity contribution in [2.45, 2.75) is 118 Å². The number of carbonyl (C=O) groups is 2. The van der Waals surface area contributed by atoms with Crippen LogP contribution in [0.4, 0.5) is 0 Å². The molecule has 0 aromatic rings. The molecule has 0 aromatic carbocycles. The van der Waals surface area contributed by atoms with Crippen molar-refractivity contribution in [1.29, 1.82) is 0 Å². The Morgan fingerprint density at radius 3 is 2.58 bits per heavy atom. The van der Waals surface area contributed by atoms with Gasteiger partial charge in [-0.25, -0.2) is 0 Å². The molecule has 3 unspecified atom stereocenters. The Bertz CT molecular complexity index is 809. The highest BCUT2D eigenvalue weighted by Crippen LogP contribution is 2.67. The first-order valence-corrected chi connectivity index (χ1v) is 13.8. The van der Waals surface area contributed by atoms with Gasteiger partial charge in [0.05, 0.1) is 0 Å². The molecule has 3 saturated carbocycles. The second-order valence-electron chi connectivity index (χ2n) is 13.5. The number of fused-ring (bicyclic) bond motifs is 5. The molecule has 3 nitrogen and oxygen atoms in total. The minimum atomic E-state index is -0.378. The van der Waals surface area contributed by atoms with Crippen molar-refractivity contribution in [2.75, 3.05) is 0 Å². The van der Waals surface area contributed by atoms with E-state index < -0.39 is 0 Å². The van der Waals surface area contributed by atoms with Crippen molar-refractivity contribution in [3.8, 4) is 0 Å². The van der Waals surface area contributed by atoms with Crippen LogP contribution in [-0.4, -0.2) is 17.4 Å². The molecule has 4 aliphatic carbocycles. The highest BCUT2D eigenvalue weighted by Gasteiger charge is 2.61. The number of ether oxygens (including phenoxy) is 1. The zero-order chi connectivity index (χ0) is 24.2. The molecule has 0 spiro atoms. The van der Waals surface area contributed by atoms with Crippen LogP contribution in [-0.2, 0) is 14.3 Å². The Hall–Kier alpha value is -1.12. The number of hydrogen-bond acceptors (Lipinski definition) is 3. The minimum Gasteiger partial charge on any atom is -0.460 e. The van der Waals surface area contributed by atoms with Crippen LogP contribution in [0.5, 0.6) is 0 Å². The van der Waals surface area contributed by atoms with Gasteiger partial charge >= 0.3 is 5.97 Å². The molecule has 3 heteroatoms. The van der Waals surface area contributed by atoms with Crippen LogP contribution < -0.4 is 0 Å². The molecule has 0 heterocycles. The van der Waals surface area contributed by atoms with Gasteiger partial charge in [0.15, 0.2) is 5.78 Å². The van der Waals surface area contributed by atoms with Crippen LogP contribution in [0.3, 0.4) is 0 Å². The van der Waals surface area contributed by atoms with Gasteiger partial charge in [0, 0.05) is 12.8 Å². The molecule has 3 fully saturated rings. The lowest BCUT2D eigenvalue weighted by molar-refractivity contribution is -0.154. The fourth-order valence-electron chi connectivity index (χ4n) is 9.05. The largest absolute Gasteiger partial charge is 0.460 e. The summed E-state index contributed by atoms with van der Waals surface area (Å²) in [5.74, 6) is 3.74. The number of esters is 1. The summed E-state index contributed by atoms with van der Waals surface area (Å²) in [6, 6.07) is 0. The van der Waals surface area contributed by atoms with Gasteiger partial charge < -0.3 is 4.74 Å². The van der Waals surface area contributed by atoms with Crippen LogP contribution in [0.15, 0.2) is 11.6 Å². The zero-order valence-electron chi connectivity index (χ0n) is 22.3. The van der Waals surface area contributed by atoms with Crippen molar-refractivity contribution in [3.63, 3.8) is 0 Å². The maximum absolute atomic E-state index is 13.5. The molecule has 186 valence electrons. The van der Waals surface area contributed by atoms with Crippen LogP contribution in [0.2, 0.25) is 0 Å². The predicted octanol–water partition coefficient (Wildman–Crippen LogP) is 7.53. The molecule has 0 N–H and O–H groups in total. The van der Waals surface area contributed by atoms with E-state index in [0.29, 0.717) is 34.9 Å². The second-order valence-corrected chi connectivity index (χ2v) is 13.5. The smallest absolute Gasteiger partial charge is 0.303 e. The normalized spacial score (nSPS) is 41.5. The van der Waals surface area contributed by atoms with Crippen LogP contribution in [0.25, 0.3) is 0 Å². The summed E-state index contributed by atoms with van der Waals surface area (Å²) in [7, 11) is 0. The summed E-state index contributed by atoms with van der Waals surface area (Å²) in [5.41, 5.74) is 1.66. The third-order valence-corrected chi connectivity index (χ3v) is 10.8. The molecule has 0 amide bonds. The Kier molecular flexibility index (Phi) is 6.69. The summed E-state index contributed by atoms with van der Waals surface area (Å²) in [4.78, 5) is 24.9. The van der Waals surface area contributed by atoms with Crippen LogP contribution >= 0.6 is 0 Å². The Morgan fingerprint density at radius 1 is 1.15 bits per heavy atom. The lowest BCUT2D eigenvalue weighted by Gasteiger charge is -2.57. The topological polar surface area (TPSA) is 43.4 Å². The molecule has 0 bridgehead atoms. The Morgan fingerprint density at radius 2 is 1.88 bits per heavy atom. The standard InChI is InChI=1S/C30H48O3/c1-19-12-15-29(6)22(17-19)18-26(32)27-24-11-10-23(30(24,7)16-13-25(27)29)20(2)9-8-14-28(4,5)33-21(3)31/h18-20,23-25,27H,8-17H2,1-7H3/t19-,20+,23+,24?,25?,27?,29-,30+/m0/s1. The van der Waals surface area contributed by atoms with Crippen LogP contribution in [0, 0.1) is 46.3 Å². The van der Waals surface area contributed by atoms with Crippen molar-refractivity contribution >= 4 is 11.8 Å². The molecule has 4 aliphatic rings. The predicted molar refractivity (Wildman–Crippen MR) is 134 cm³/mol. The molecule has 0 aliphatic heterocycles. The summed E-state index contributed by atoms with van der Waals surface area (Å²) >= 11 is 0. The lowest BCUT2D eigenvalue weighted by atomic mass is 9.46. The monoisotopic (exact) mass is 456 g/mol. The Labute approximate surface area is 202 Å². The van der Waals surface area contributed by atoms with Gasteiger partial charge in [0.1, 0.15) is 5.60 Å². The maximum Gasteiger partial charge on any atom is 0.303 e. The number of carbonyl (C=O) groups excluding carboxylic acids is 2. The van der Waals surface area contributed by atoms with E-state index in [1.54, 1.807) is 0 Å². The van der Waals surface area contributed by atoms with E-state index in [9.17, 15) is 9.59 Å². The van der Waals surface area contributed by atoms with Gasteiger partial charge in [-0.05, 0) is 118 Å². The molecule has 0 radical (unpaired) electrons. The average molecular weight is 457 g/mol. The van der Waals surface area contributed by atoms with Crippen molar-refractivity contribution in [3.05, 3.63) is 11.6 Å². The third-order valence-electron chi connectivity index (χ3n) is 10.8.